The van der Waals surface area contributed by atoms with E-state index in [1.165, 1.54) is 6.07 Å². The topological polar surface area (TPSA) is 95.6 Å². The van der Waals surface area contributed by atoms with Gasteiger partial charge in [-0.2, -0.15) is 0 Å². The maximum absolute atomic E-state index is 12.8. The van der Waals surface area contributed by atoms with E-state index in [-0.39, 0.29) is 16.7 Å². The lowest BCUT2D eigenvalue weighted by atomic mass is 10.2. The van der Waals surface area contributed by atoms with Gasteiger partial charge in [-0.05, 0) is 68.5 Å². The van der Waals surface area contributed by atoms with Crippen molar-refractivity contribution in [2.24, 2.45) is 0 Å². The number of nitrogens with zero attached hydrogens (tertiary/aromatic N) is 1. The second kappa shape index (κ2) is 10.6. The molecule has 3 rings (SSSR count). The van der Waals surface area contributed by atoms with Gasteiger partial charge < -0.3 is 10.2 Å². The molecule has 1 saturated heterocycles. The van der Waals surface area contributed by atoms with Crippen LogP contribution in [0.5, 0.6) is 0 Å². The van der Waals surface area contributed by atoms with Crippen LogP contribution in [0.15, 0.2) is 47.4 Å². The lowest BCUT2D eigenvalue weighted by Crippen LogP contribution is -2.34. The van der Waals surface area contributed by atoms with Crippen LogP contribution in [-0.4, -0.2) is 44.8 Å². The minimum Gasteiger partial charge on any atom is -0.352 e. The number of nitrogens with one attached hydrogen (secondary N) is 2. The van der Waals surface area contributed by atoms with Gasteiger partial charge in [0.25, 0.3) is 15.9 Å². The summed E-state index contributed by atoms with van der Waals surface area (Å²) in [5.41, 5.74) is 2.21. The van der Waals surface area contributed by atoms with Crippen LogP contribution in [0, 0.1) is 13.8 Å². The summed E-state index contributed by atoms with van der Waals surface area (Å²) >= 11 is 0. The molecule has 2 N–H and O–H groups in total. The Morgan fingerprint density at radius 2 is 1.88 bits per heavy atom. The van der Waals surface area contributed by atoms with Gasteiger partial charge in [0.15, 0.2) is 0 Å². The highest BCUT2D eigenvalue weighted by Gasteiger charge is 2.18. The number of rotatable bonds is 8. The third kappa shape index (κ3) is 6.32. The molecule has 0 atom stereocenters. The number of carbonyl (C=O) groups excluding carboxylic acids is 2. The fraction of sp³-hybridized carbons (Fsp3) is 0.417. The van der Waals surface area contributed by atoms with E-state index in [1.54, 1.807) is 37.3 Å². The summed E-state index contributed by atoms with van der Waals surface area (Å²) in [6, 6.07) is 11.7. The zero-order valence-corrected chi connectivity index (χ0v) is 19.5. The van der Waals surface area contributed by atoms with Gasteiger partial charge in [0, 0.05) is 37.3 Å². The quantitative estimate of drug-likeness (QED) is 0.592. The Labute approximate surface area is 190 Å². The molecule has 0 aliphatic carbocycles. The molecule has 0 unspecified atom stereocenters. The van der Waals surface area contributed by atoms with Gasteiger partial charge >= 0.3 is 0 Å². The molecule has 32 heavy (non-hydrogen) atoms. The van der Waals surface area contributed by atoms with Crippen LogP contribution in [-0.2, 0) is 14.8 Å². The first-order chi connectivity index (χ1) is 15.3. The lowest BCUT2D eigenvalue weighted by molar-refractivity contribution is -0.130. The monoisotopic (exact) mass is 457 g/mol. The van der Waals surface area contributed by atoms with Crippen molar-refractivity contribution in [3.63, 3.8) is 0 Å². The molecule has 1 fully saturated rings. The molecule has 1 heterocycles. The van der Waals surface area contributed by atoms with Crippen LogP contribution in [0.1, 0.15) is 53.6 Å². The van der Waals surface area contributed by atoms with Crippen LogP contribution in [0.4, 0.5) is 5.69 Å². The number of benzene rings is 2. The van der Waals surface area contributed by atoms with Crippen molar-refractivity contribution in [3.8, 4) is 0 Å². The summed E-state index contributed by atoms with van der Waals surface area (Å²) in [7, 11) is -3.77. The molecule has 0 radical (unpaired) electrons. The maximum atomic E-state index is 12.8. The zero-order chi connectivity index (χ0) is 23.1. The summed E-state index contributed by atoms with van der Waals surface area (Å²) in [5.74, 6) is -0.0855. The van der Waals surface area contributed by atoms with Gasteiger partial charge in [-0.1, -0.05) is 24.6 Å². The molecule has 0 saturated carbocycles. The van der Waals surface area contributed by atoms with Gasteiger partial charge in [-0.3, -0.25) is 14.3 Å². The smallest absolute Gasteiger partial charge is 0.262 e. The first-order valence-electron chi connectivity index (χ1n) is 11.0. The Kier molecular flexibility index (Phi) is 7.90. The van der Waals surface area contributed by atoms with Crippen molar-refractivity contribution in [2.75, 3.05) is 24.4 Å². The number of amides is 2. The van der Waals surface area contributed by atoms with E-state index < -0.39 is 10.0 Å². The highest BCUT2D eigenvalue weighted by Crippen LogP contribution is 2.21. The van der Waals surface area contributed by atoms with Crippen LogP contribution in [0.25, 0.3) is 0 Å². The standard InChI is InChI=1S/C24H31N3O4S/c1-18-11-12-19(2)22(16-18)32(30,31)26-21-9-6-8-20(17-21)24(29)25-13-7-15-27-14-5-3-4-10-23(27)28/h6,8-9,11-12,16-17,26H,3-5,7,10,13-15H2,1-2H3,(H,25,29). The Balaban J connectivity index is 1.57. The predicted octanol–water partition coefficient (Wildman–Crippen LogP) is 3.63. The maximum Gasteiger partial charge on any atom is 0.262 e. The number of hydrogen-bond donors (Lipinski definition) is 2. The molecule has 8 heteroatoms. The SMILES string of the molecule is Cc1ccc(C)c(S(=O)(=O)Nc2cccc(C(=O)NCCCN3CCCCCC3=O)c2)c1. The minimum absolute atomic E-state index is 0.192. The Morgan fingerprint density at radius 3 is 2.69 bits per heavy atom. The molecule has 172 valence electrons. The fourth-order valence-electron chi connectivity index (χ4n) is 3.78. The Hall–Kier alpha value is -2.87. The number of likely N-dealkylation sites (tertiary alicyclic amines) is 1. The molecule has 0 bridgehead atoms. The van der Waals surface area contributed by atoms with Crippen molar-refractivity contribution >= 4 is 27.5 Å². The van der Waals surface area contributed by atoms with Crippen molar-refractivity contribution in [3.05, 3.63) is 59.2 Å². The van der Waals surface area contributed by atoms with Gasteiger partial charge in [-0.15, -0.1) is 0 Å². The van der Waals surface area contributed by atoms with E-state index in [4.69, 9.17) is 0 Å². The minimum atomic E-state index is -3.77. The van der Waals surface area contributed by atoms with Crippen molar-refractivity contribution in [1.82, 2.24) is 10.2 Å². The highest BCUT2D eigenvalue weighted by atomic mass is 32.2. The predicted molar refractivity (Wildman–Crippen MR) is 125 cm³/mol. The van der Waals surface area contributed by atoms with E-state index >= 15 is 0 Å². The molecule has 0 aromatic heterocycles. The molecule has 7 nitrogen and oxygen atoms in total. The van der Waals surface area contributed by atoms with Crippen molar-refractivity contribution in [2.45, 2.75) is 50.8 Å². The second-order valence-corrected chi connectivity index (χ2v) is 9.91. The lowest BCUT2D eigenvalue weighted by Gasteiger charge is -2.20. The fourth-order valence-corrected chi connectivity index (χ4v) is 5.16. The van der Waals surface area contributed by atoms with Crippen molar-refractivity contribution in [1.29, 1.82) is 0 Å². The first kappa shape index (κ1) is 23.8. The first-order valence-corrected chi connectivity index (χ1v) is 12.5. The number of hydrogen-bond acceptors (Lipinski definition) is 4. The Morgan fingerprint density at radius 1 is 1.06 bits per heavy atom. The number of carbonyl (C=O) groups is 2. The largest absolute Gasteiger partial charge is 0.352 e. The summed E-state index contributed by atoms with van der Waals surface area (Å²) in [5, 5.41) is 2.85. The Bertz CT molecular complexity index is 1080. The molecule has 0 spiro atoms. The zero-order valence-electron chi connectivity index (χ0n) is 18.7. The van der Waals surface area contributed by atoms with E-state index in [2.05, 4.69) is 10.0 Å². The summed E-state index contributed by atoms with van der Waals surface area (Å²) in [4.78, 5) is 26.7. The normalized spacial score (nSPS) is 14.7. The number of sulfonamides is 1. The van der Waals surface area contributed by atoms with Crippen LogP contribution in [0.2, 0.25) is 0 Å². The molecule has 2 aromatic rings. The highest BCUT2D eigenvalue weighted by molar-refractivity contribution is 7.92. The van der Waals surface area contributed by atoms with Crippen LogP contribution < -0.4 is 10.0 Å². The average molecular weight is 458 g/mol. The van der Waals surface area contributed by atoms with Gasteiger partial charge in [0.2, 0.25) is 5.91 Å². The van der Waals surface area contributed by atoms with Gasteiger partial charge in [-0.25, -0.2) is 8.42 Å². The van der Waals surface area contributed by atoms with Crippen molar-refractivity contribution < 1.29 is 18.0 Å². The third-order valence-electron chi connectivity index (χ3n) is 5.57. The van der Waals surface area contributed by atoms with E-state index in [0.29, 0.717) is 42.7 Å². The summed E-state index contributed by atoms with van der Waals surface area (Å²) < 4.78 is 28.2. The average Bonchev–Trinajstić information content (AvgIpc) is 2.96. The molecular formula is C24H31N3O4S. The van der Waals surface area contributed by atoms with E-state index in [0.717, 1.165) is 31.4 Å². The van der Waals surface area contributed by atoms with E-state index in [9.17, 15) is 18.0 Å². The summed E-state index contributed by atoms with van der Waals surface area (Å²) in [6.07, 6.45) is 4.36. The van der Waals surface area contributed by atoms with Crippen LogP contribution >= 0.6 is 0 Å². The number of aryl methyl sites for hydroxylation is 2. The number of anilines is 1. The summed E-state index contributed by atoms with van der Waals surface area (Å²) in [6.45, 7) is 5.45. The second-order valence-electron chi connectivity index (χ2n) is 8.26. The van der Waals surface area contributed by atoms with E-state index in [1.807, 2.05) is 17.9 Å². The van der Waals surface area contributed by atoms with Crippen LogP contribution in [0.3, 0.4) is 0 Å². The van der Waals surface area contributed by atoms with Gasteiger partial charge in [0.05, 0.1) is 4.90 Å². The third-order valence-corrected chi connectivity index (χ3v) is 7.10. The molecule has 2 amide bonds. The molecule has 1 aliphatic rings. The van der Waals surface area contributed by atoms with Gasteiger partial charge in [0.1, 0.15) is 0 Å². The molecule has 1 aliphatic heterocycles. The molecular weight excluding hydrogens is 426 g/mol. The molecule has 2 aromatic carbocycles.